The topological polar surface area (TPSA) is 86.5 Å². The maximum Gasteiger partial charge on any atom is 0.522 e. The Bertz CT molecular complexity index is 969. The van der Waals surface area contributed by atoms with Crippen LogP contribution in [0.3, 0.4) is 0 Å². The van der Waals surface area contributed by atoms with Gasteiger partial charge in [-0.1, -0.05) is 23.7 Å². The third-order valence-electron chi connectivity index (χ3n) is 6.32. The lowest BCUT2D eigenvalue weighted by atomic mass is 9.39. The normalized spacial score (nSPS) is 31.2. The van der Waals surface area contributed by atoms with E-state index < -0.39 is 18.6 Å². The van der Waals surface area contributed by atoms with Crippen LogP contribution in [0, 0.1) is 0 Å². The minimum absolute atomic E-state index is 0.150. The van der Waals surface area contributed by atoms with Crippen molar-refractivity contribution in [1.29, 1.82) is 0 Å². The van der Waals surface area contributed by atoms with Gasteiger partial charge in [0.1, 0.15) is 6.61 Å². The van der Waals surface area contributed by atoms with Gasteiger partial charge in [0.25, 0.3) is 0 Å². The fourth-order valence-electron chi connectivity index (χ4n) is 4.80. The van der Waals surface area contributed by atoms with Gasteiger partial charge in [-0.15, -0.1) is 23.4 Å². The highest BCUT2D eigenvalue weighted by atomic mass is 35.5. The van der Waals surface area contributed by atoms with Crippen molar-refractivity contribution in [1.82, 2.24) is 15.5 Å². The lowest BCUT2D eigenvalue weighted by Crippen LogP contribution is -2.76. The number of nitrogens with one attached hydrogen (secondary N) is 1. The van der Waals surface area contributed by atoms with E-state index in [0.717, 1.165) is 5.56 Å². The summed E-state index contributed by atoms with van der Waals surface area (Å²) in [5.74, 6) is 0.628. The number of hydrogen-bond donors (Lipinski definition) is 1. The molecule has 4 fully saturated rings. The SMILES string of the molecule is O=C(NC12CC(c3nnc(C4CC(OC(F)(F)F)C4)o3)(C1)C2)OCc1ccc(Cl)cc1. The van der Waals surface area contributed by atoms with Crippen molar-refractivity contribution in [2.75, 3.05) is 0 Å². The Kier molecular flexibility index (Phi) is 4.71. The predicted octanol–water partition coefficient (Wildman–Crippen LogP) is 4.61. The molecule has 0 aliphatic heterocycles. The van der Waals surface area contributed by atoms with E-state index in [1.54, 1.807) is 24.3 Å². The van der Waals surface area contributed by atoms with Gasteiger partial charge in [-0.3, -0.25) is 4.74 Å². The van der Waals surface area contributed by atoms with Gasteiger partial charge < -0.3 is 14.5 Å². The van der Waals surface area contributed by atoms with Crippen LogP contribution in [0.1, 0.15) is 55.4 Å². The molecule has 1 amide bonds. The highest BCUT2D eigenvalue weighted by Gasteiger charge is 2.72. The van der Waals surface area contributed by atoms with E-state index in [2.05, 4.69) is 20.3 Å². The van der Waals surface area contributed by atoms with Crippen molar-refractivity contribution in [2.45, 2.75) is 68.0 Å². The Morgan fingerprint density at radius 2 is 1.87 bits per heavy atom. The number of alkyl carbamates (subject to hydrolysis) is 1. The highest BCUT2D eigenvalue weighted by molar-refractivity contribution is 6.30. The molecular formula is C20H19ClF3N3O4. The van der Waals surface area contributed by atoms with Gasteiger partial charge >= 0.3 is 12.5 Å². The molecule has 1 heterocycles. The van der Waals surface area contributed by atoms with Crippen LogP contribution < -0.4 is 5.32 Å². The van der Waals surface area contributed by atoms with Crippen LogP contribution >= 0.6 is 11.6 Å². The molecular weight excluding hydrogens is 439 g/mol. The molecule has 1 N–H and O–H groups in total. The fraction of sp³-hybridized carbons (Fsp3) is 0.550. The van der Waals surface area contributed by atoms with Crippen LogP contribution in [0.2, 0.25) is 5.02 Å². The smallest absolute Gasteiger partial charge is 0.445 e. The molecule has 4 saturated carbocycles. The number of benzene rings is 1. The summed E-state index contributed by atoms with van der Waals surface area (Å²) in [5.41, 5.74) is 0.250. The van der Waals surface area contributed by atoms with Crippen molar-refractivity contribution in [3.05, 3.63) is 46.6 Å². The molecule has 2 bridgehead atoms. The van der Waals surface area contributed by atoms with E-state index in [-0.39, 0.29) is 36.3 Å². The summed E-state index contributed by atoms with van der Waals surface area (Å²) in [6, 6.07) is 7.04. The largest absolute Gasteiger partial charge is 0.522 e. The lowest BCUT2D eigenvalue weighted by molar-refractivity contribution is -0.352. The lowest BCUT2D eigenvalue weighted by Gasteiger charge is -2.68. The molecule has 0 atom stereocenters. The van der Waals surface area contributed by atoms with Crippen molar-refractivity contribution in [3.63, 3.8) is 0 Å². The second kappa shape index (κ2) is 7.09. The average Bonchev–Trinajstić information content (AvgIpc) is 3.07. The van der Waals surface area contributed by atoms with Crippen molar-refractivity contribution in [3.8, 4) is 0 Å². The first kappa shape index (κ1) is 20.6. The second-order valence-electron chi connectivity index (χ2n) is 8.72. The first-order chi connectivity index (χ1) is 14.6. The Morgan fingerprint density at radius 3 is 2.52 bits per heavy atom. The van der Waals surface area contributed by atoms with Gasteiger partial charge in [0.15, 0.2) is 0 Å². The molecule has 4 aliphatic rings. The van der Waals surface area contributed by atoms with Crippen LogP contribution in [0.4, 0.5) is 18.0 Å². The third kappa shape index (κ3) is 3.98. The fourth-order valence-corrected chi connectivity index (χ4v) is 4.92. The molecule has 7 nitrogen and oxygen atoms in total. The van der Waals surface area contributed by atoms with E-state index in [9.17, 15) is 18.0 Å². The zero-order chi connectivity index (χ0) is 21.9. The summed E-state index contributed by atoms with van der Waals surface area (Å²) in [7, 11) is 0. The molecule has 31 heavy (non-hydrogen) atoms. The second-order valence-corrected chi connectivity index (χ2v) is 9.15. The number of amides is 1. The Labute approximate surface area is 180 Å². The summed E-state index contributed by atoms with van der Waals surface area (Å²) < 4.78 is 51.7. The predicted molar refractivity (Wildman–Crippen MR) is 100 cm³/mol. The number of aromatic nitrogens is 2. The summed E-state index contributed by atoms with van der Waals surface area (Å²) in [6.45, 7) is 0.150. The zero-order valence-corrected chi connectivity index (χ0v) is 17.0. The van der Waals surface area contributed by atoms with Crippen LogP contribution in [-0.4, -0.2) is 34.3 Å². The van der Waals surface area contributed by atoms with Crippen molar-refractivity contribution in [2.24, 2.45) is 0 Å². The maximum absolute atomic E-state index is 12.2. The van der Waals surface area contributed by atoms with Crippen LogP contribution in [0.25, 0.3) is 0 Å². The molecule has 1 aromatic carbocycles. The van der Waals surface area contributed by atoms with Gasteiger partial charge in [0.05, 0.1) is 11.5 Å². The third-order valence-corrected chi connectivity index (χ3v) is 6.57. The number of ether oxygens (including phenoxy) is 2. The maximum atomic E-state index is 12.2. The number of carbonyl (C=O) groups is 1. The summed E-state index contributed by atoms with van der Waals surface area (Å²) in [6.07, 6.45) is -3.55. The van der Waals surface area contributed by atoms with Gasteiger partial charge in [0.2, 0.25) is 11.8 Å². The molecule has 4 aliphatic carbocycles. The van der Waals surface area contributed by atoms with Crippen LogP contribution in [0.5, 0.6) is 0 Å². The van der Waals surface area contributed by atoms with Gasteiger partial charge in [0, 0.05) is 16.5 Å². The van der Waals surface area contributed by atoms with Crippen molar-refractivity contribution >= 4 is 17.7 Å². The quantitative estimate of drug-likeness (QED) is 0.682. The zero-order valence-electron chi connectivity index (χ0n) is 16.2. The van der Waals surface area contributed by atoms with E-state index in [0.29, 0.717) is 36.1 Å². The van der Waals surface area contributed by atoms with E-state index in [4.69, 9.17) is 20.8 Å². The number of halogens is 4. The molecule has 0 unspecified atom stereocenters. The molecule has 11 heteroatoms. The van der Waals surface area contributed by atoms with Crippen molar-refractivity contribution < 1.29 is 31.9 Å². The molecule has 2 aromatic rings. The molecule has 166 valence electrons. The van der Waals surface area contributed by atoms with E-state index in [1.807, 2.05) is 0 Å². The number of carbonyl (C=O) groups excluding carboxylic acids is 1. The average molecular weight is 458 g/mol. The Morgan fingerprint density at radius 1 is 1.19 bits per heavy atom. The summed E-state index contributed by atoms with van der Waals surface area (Å²) in [5, 5.41) is 11.7. The molecule has 1 aromatic heterocycles. The van der Waals surface area contributed by atoms with Crippen LogP contribution in [0.15, 0.2) is 28.7 Å². The monoisotopic (exact) mass is 457 g/mol. The van der Waals surface area contributed by atoms with E-state index in [1.165, 1.54) is 0 Å². The standard InChI is InChI=1S/C20H19ClF3N3O4/c21-13-3-1-11(2-4-13)7-29-17(28)25-19-8-18(9-19,10-19)16-27-26-15(30-16)12-5-14(6-12)31-20(22,23)24/h1-4,12,14H,5-10H2,(H,25,28). The highest BCUT2D eigenvalue weighted by Crippen LogP contribution is 2.67. The molecule has 0 spiro atoms. The number of nitrogens with zero attached hydrogens (tertiary/aromatic N) is 2. The Hall–Kier alpha value is -2.33. The number of alkyl halides is 3. The summed E-state index contributed by atoms with van der Waals surface area (Å²) in [4.78, 5) is 12.1. The summed E-state index contributed by atoms with van der Waals surface area (Å²) >= 11 is 5.83. The first-order valence-electron chi connectivity index (χ1n) is 9.92. The van der Waals surface area contributed by atoms with Gasteiger partial charge in [-0.2, -0.15) is 0 Å². The Balaban J connectivity index is 1.08. The number of hydrogen-bond acceptors (Lipinski definition) is 6. The molecule has 6 rings (SSSR count). The first-order valence-corrected chi connectivity index (χ1v) is 10.3. The van der Waals surface area contributed by atoms with E-state index >= 15 is 0 Å². The minimum atomic E-state index is -4.63. The molecule has 0 radical (unpaired) electrons. The van der Waals surface area contributed by atoms with Gasteiger partial charge in [-0.05, 0) is 49.8 Å². The minimum Gasteiger partial charge on any atom is -0.445 e. The van der Waals surface area contributed by atoms with Crippen LogP contribution in [-0.2, 0) is 21.5 Å². The molecule has 0 saturated heterocycles. The number of rotatable bonds is 6. The van der Waals surface area contributed by atoms with Gasteiger partial charge in [-0.25, -0.2) is 4.79 Å².